The van der Waals surface area contributed by atoms with E-state index < -0.39 is 0 Å². The lowest BCUT2D eigenvalue weighted by Gasteiger charge is -1.99. The number of pyridine rings is 1. The summed E-state index contributed by atoms with van der Waals surface area (Å²) in [6, 6.07) is 11.6. The standard InChI is InChI=1S/C14H10N6O/c15-14-19-12-10(13(21)20-14)17-11(18-12)9-6-5-7-3-1-2-4-8(7)16-9/h1-6H,(H4,15,17,18,19,20,21). The fourth-order valence-electron chi connectivity index (χ4n) is 2.24. The van der Waals surface area contributed by atoms with Crippen LogP contribution in [-0.2, 0) is 0 Å². The SMILES string of the molecule is Nc1nc2nc(-c3ccc4ccccc4n3)[nH]c2c(=O)[nH]1. The van der Waals surface area contributed by atoms with Gasteiger partial charge in [0.2, 0.25) is 5.95 Å². The minimum atomic E-state index is -0.350. The van der Waals surface area contributed by atoms with E-state index >= 15 is 0 Å². The van der Waals surface area contributed by atoms with E-state index in [0.29, 0.717) is 11.5 Å². The maximum absolute atomic E-state index is 11.8. The van der Waals surface area contributed by atoms with Crippen molar-refractivity contribution < 1.29 is 0 Å². The number of anilines is 1. The average molecular weight is 278 g/mol. The molecule has 0 spiro atoms. The molecule has 0 aliphatic carbocycles. The van der Waals surface area contributed by atoms with Crippen LogP contribution in [0.15, 0.2) is 41.2 Å². The first kappa shape index (κ1) is 11.6. The molecule has 0 atom stereocenters. The van der Waals surface area contributed by atoms with Gasteiger partial charge >= 0.3 is 0 Å². The number of nitrogens with two attached hydrogens (primary N) is 1. The van der Waals surface area contributed by atoms with Crippen LogP contribution in [0.25, 0.3) is 33.6 Å². The Labute approximate surface area is 117 Å². The van der Waals surface area contributed by atoms with Crippen molar-refractivity contribution in [1.82, 2.24) is 24.9 Å². The molecule has 4 aromatic rings. The van der Waals surface area contributed by atoms with Gasteiger partial charge in [-0.15, -0.1) is 0 Å². The van der Waals surface area contributed by atoms with Crippen molar-refractivity contribution in [2.24, 2.45) is 0 Å². The van der Waals surface area contributed by atoms with Gasteiger partial charge in [0, 0.05) is 5.39 Å². The number of hydrogen-bond acceptors (Lipinski definition) is 5. The molecule has 0 aliphatic rings. The van der Waals surface area contributed by atoms with Gasteiger partial charge < -0.3 is 10.7 Å². The van der Waals surface area contributed by atoms with E-state index in [-0.39, 0.29) is 22.7 Å². The molecule has 7 heteroatoms. The summed E-state index contributed by atoms with van der Waals surface area (Å²) in [6.07, 6.45) is 0. The Morgan fingerprint density at radius 1 is 0.952 bits per heavy atom. The van der Waals surface area contributed by atoms with Crippen LogP contribution >= 0.6 is 0 Å². The van der Waals surface area contributed by atoms with Crippen molar-refractivity contribution in [2.45, 2.75) is 0 Å². The van der Waals surface area contributed by atoms with Crippen LogP contribution in [-0.4, -0.2) is 24.9 Å². The molecule has 0 bridgehead atoms. The second-order valence-electron chi connectivity index (χ2n) is 4.62. The first-order valence-electron chi connectivity index (χ1n) is 6.32. The van der Waals surface area contributed by atoms with Crippen molar-refractivity contribution in [1.29, 1.82) is 0 Å². The number of rotatable bonds is 1. The van der Waals surface area contributed by atoms with E-state index in [1.165, 1.54) is 0 Å². The zero-order chi connectivity index (χ0) is 14.4. The lowest BCUT2D eigenvalue weighted by Crippen LogP contribution is -2.10. The molecule has 0 amide bonds. The summed E-state index contributed by atoms with van der Waals surface area (Å²) in [5, 5.41) is 1.04. The molecule has 7 nitrogen and oxygen atoms in total. The highest BCUT2D eigenvalue weighted by Crippen LogP contribution is 2.19. The van der Waals surface area contributed by atoms with Crippen molar-refractivity contribution in [2.75, 3.05) is 5.73 Å². The molecule has 3 aromatic heterocycles. The largest absolute Gasteiger partial charge is 0.369 e. The second-order valence-corrected chi connectivity index (χ2v) is 4.62. The third-order valence-electron chi connectivity index (χ3n) is 3.22. The molecule has 0 saturated carbocycles. The monoisotopic (exact) mass is 278 g/mol. The van der Waals surface area contributed by atoms with Gasteiger partial charge in [0.25, 0.3) is 5.56 Å². The number of nitrogen functional groups attached to an aromatic ring is 1. The number of nitrogens with zero attached hydrogens (tertiary/aromatic N) is 3. The van der Waals surface area contributed by atoms with Crippen LogP contribution in [0.1, 0.15) is 0 Å². The summed E-state index contributed by atoms with van der Waals surface area (Å²) in [7, 11) is 0. The normalized spacial score (nSPS) is 11.2. The van der Waals surface area contributed by atoms with Crippen LogP contribution < -0.4 is 11.3 Å². The zero-order valence-corrected chi connectivity index (χ0v) is 10.8. The summed E-state index contributed by atoms with van der Waals surface area (Å²) < 4.78 is 0. The topological polar surface area (TPSA) is 113 Å². The maximum Gasteiger partial charge on any atom is 0.278 e. The maximum atomic E-state index is 11.8. The lowest BCUT2D eigenvalue weighted by molar-refractivity contribution is 1.17. The van der Waals surface area contributed by atoms with Gasteiger partial charge in [0.1, 0.15) is 5.69 Å². The smallest absolute Gasteiger partial charge is 0.278 e. The van der Waals surface area contributed by atoms with E-state index in [1.807, 2.05) is 36.4 Å². The van der Waals surface area contributed by atoms with Crippen LogP contribution in [0.4, 0.5) is 5.95 Å². The van der Waals surface area contributed by atoms with Crippen LogP contribution in [0, 0.1) is 0 Å². The Morgan fingerprint density at radius 2 is 1.81 bits per heavy atom. The molecular weight excluding hydrogens is 268 g/mol. The predicted octanol–water partition coefficient (Wildman–Crippen LogP) is 1.44. The summed E-state index contributed by atoms with van der Waals surface area (Å²) >= 11 is 0. The van der Waals surface area contributed by atoms with Crippen LogP contribution in [0.2, 0.25) is 0 Å². The highest BCUT2D eigenvalue weighted by molar-refractivity contribution is 5.82. The van der Waals surface area contributed by atoms with Crippen molar-refractivity contribution in [3.05, 3.63) is 46.8 Å². The number of fused-ring (bicyclic) bond motifs is 2. The fourth-order valence-corrected chi connectivity index (χ4v) is 2.24. The minimum Gasteiger partial charge on any atom is -0.369 e. The van der Waals surface area contributed by atoms with Gasteiger partial charge in [-0.3, -0.25) is 9.78 Å². The van der Waals surface area contributed by atoms with Gasteiger partial charge in [0.15, 0.2) is 17.0 Å². The summed E-state index contributed by atoms with van der Waals surface area (Å²) in [6.45, 7) is 0. The molecular formula is C14H10N6O. The van der Waals surface area contributed by atoms with Gasteiger partial charge in [-0.05, 0) is 12.1 Å². The number of para-hydroxylation sites is 1. The molecule has 3 heterocycles. The Balaban J connectivity index is 1.95. The van der Waals surface area contributed by atoms with Gasteiger partial charge in [-0.1, -0.05) is 24.3 Å². The Bertz CT molecular complexity index is 1030. The molecule has 0 unspecified atom stereocenters. The Hall–Kier alpha value is -3.22. The first-order valence-corrected chi connectivity index (χ1v) is 6.32. The molecule has 0 radical (unpaired) electrons. The number of hydrogen-bond donors (Lipinski definition) is 3. The van der Waals surface area contributed by atoms with E-state index in [1.54, 1.807) is 0 Å². The van der Waals surface area contributed by atoms with Crippen molar-refractivity contribution >= 4 is 28.0 Å². The first-order chi connectivity index (χ1) is 10.2. The minimum absolute atomic E-state index is 0.0389. The number of aromatic amines is 2. The van der Waals surface area contributed by atoms with Gasteiger partial charge in [-0.2, -0.15) is 4.98 Å². The molecule has 21 heavy (non-hydrogen) atoms. The fraction of sp³-hybridized carbons (Fsp3) is 0. The van der Waals surface area contributed by atoms with Gasteiger partial charge in [0.05, 0.1) is 5.52 Å². The summed E-state index contributed by atoms with van der Waals surface area (Å²) in [5.74, 6) is 0.524. The van der Waals surface area contributed by atoms with Crippen molar-refractivity contribution in [3.63, 3.8) is 0 Å². The predicted molar refractivity (Wildman–Crippen MR) is 79.7 cm³/mol. The van der Waals surface area contributed by atoms with E-state index in [9.17, 15) is 4.79 Å². The Kier molecular flexibility index (Phi) is 2.28. The highest BCUT2D eigenvalue weighted by atomic mass is 16.1. The lowest BCUT2D eigenvalue weighted by atomic mass is 10.2. The Morgan fingerprint density at radius 3 is 2.71 bits per heavy atom. The van der Waals surface area contributed by atoms with Crippen LogP contribution in [0.3, 0.4) is 0 Å². The highest BCUT2D eigenvalue weighted by Gasteiger charge is 2.11. The number of aromatic nitrogens is 5. The number of benzene rings is 1. The van der Waals surface area contributed by atoms with Crippen molar-refractivity contribution in [3.8, 4) is 11.5 Å². The molecule has 0 saturated heterocycles. The average Bonchev–Trinajstić information content (AvgIpc) is 2.91. The second kappa shape index (κ2) is 4.14. The third-order valence-corrected chi connectivity index (χ3v) is 3.22. The van der Waals surface area contributed by atoms with Gasteiger partial charge in [-0.25, -0.2) is 9.97 Å². The number of nitrogens with one attached hydrogen (secondary N) is 2. The molecule has 4 N–H and O–H groups in total. The summed E-state index contributed by atoms with van der Waals surface area (Å²) in [5.41, 5.74) is 7.23. The van der Waals surface area contributed by atoms with Crippen LogP contribution in [0.5, 0.6) is 0 Å². The number of H-pyrrole nitrogens is 2. The molecule has 0 aliphatic heterocycles. The molecule has 0 fully saturated rings. The van der Waals surface area contributed by atoms with E-state index in [0.717, 1.165) is 10.9 Å². The number of imidazole rings is 1. The molecule has 4 rings (SSSR count). The molecule has 102 valence electrons. The quantitative estimate of drug-likeness (QED) is 0.487. The van der Waals surface area contributed by atoms with E-state index in [4.69, 9.17) is 5.73 Å². The third kappa shape index (κ3) is 1.83. The van der Waals surface area contributed by atoms with E-state index in [2.05, 4.69) is 24.9 Å². The zero-order valence-electron chi connectivity index (χ0n) is 10.8. The molecule has 1 aromatic carbocycles. The summed E-state index contributed by atoms with van der Waals surface area (Å²) in [4.78, 5) is 30.0.